The highest BCUT2D eigenvalue weighted by molar-refractivity contribution is 6.42. The van der Waals surface area contributed by atoms with Crippen LogP contribution in [0.5, 0.6) is 0 Å². The van der Waals surface area contributed by atoms with E-state index in [1.165, 1.54) is 15.3 Å². The highest BCUT2D eigenvalue weighted by atomic mass is 35.5. The largest absolute Gasteiger partial charge is 0.395 e. The molecule has 0 aliphatic carbocycles. The van der Waals surface area contributed by atoms with Crippen LogP contribution in [0.25, 0.3) is 5.65 Å². The molecular formula is C16H14Cl2N4O3. The van der Waals surface area contributed by atoms with Crippen molar-refractivity contribution in [2.75, 3.05) is 13.2 Å². The SMILES string of the molecule is O=C(NCCO)c1ccc2nn(Cc3ccc(Cl)c(Cl)c3)c(=O)n2c1. The van der Waals surface area contributed by atoms with Gasteiger partial charge in [-0.25, -0.2) is 13.9 Å². The molecule has 0 spiro atoms. The van der Waals surface area contributed by atoms with Gasteiger partial charge in [-0.1, -0.05) is 29.3 Å². The molecule has 2 aromatic heterocycles. The molecule has 0 fully saturated rings. The van der Waals surface area contributed by atoms with Gasteiger partial charge in [0.2, 0.25) is 0 Å². The van der Waals surface area contributed by atoms with Crippen molar-refractivity contribution < 1.29 is 9.90 Å². The molecule has 3 aromatic rings. The Bertz CT molecular complexity index is 997. The van der Waals surface area contributed by atoms with Crippen LogP contribution in [0.1, 0.15) is 15.9 Å². The molecule has 1 aromatic carbocycles. The Morgan fingerprint density at radius 1 is 1.20 bits per heavy atom. The van der Waals surface area contributed by atoms with Crippen LogP contribution in [0.2, 0.25) is 10.0 Å². The van der Waals surface area contributed by atoms with Crippen LogP contribution in [0.3, 0.4) is 0 Å². The minimum atomic E-state index is -0.377. The number of benzene rings is 1. The Morgan fingerprint density at radius 3 is 2.72 bits per heavy atom. The second kappa shape index (κ2) is 7.26. The lowest BCUT2D eigenvalue weighted by Gasteiger charge is -2.02. The molecule has 1 amide bonds. The number of aliphatic hydroxyl groups excluding tert-OH is 1. The smallest absolute Gasteiger partial charge is 0.350 e. The number of carbonyl (C=O) groups excluding carboxylic acids is 1. The van der Waals surface area contributed by atoms with Gasteiger partial charge in [-0.2, -0.15) is 0 Å². The number of amides is 1. The first-order valence-corrected chi connectivity index (χ1v) is 8.17. The zero-order chi connectivity index (χ0) is 18.0. The average Bonchev–Trinajstić information content (AvgIpc) is 2.91. The van der Waals surface area contributed by atoms with Crippen LogP contribution in [0, 0.1) is 0 Å². The maximum absolute atomic E-state index is 12.5. The van der Waals surface area contributed by atoms with Gasteiger partial charge in [-0.15, -0.1) is 5.10 Å². The van der Waals surface area contributed by atoms with Gasteiger partial charge in [0.15, 0.2) is 5.65 Å². The Morgan fingerprint density at radius 2 is 2.00 bits per heavy atom. The number of pyridine rings is 1. The second-order valence-corrected chi connectivity index (χ2v) is 6.13. The molecule has 0 aliphatic rings. The molecule has 0 bridgehead atoms. The summed E-state index contributed by atoms with van der Waals surface area (Å²) in [4.78, 5) is 24.4. The average molecular weight is 381 g/mol. The van der Waals surface area contributed by atoms with E-state index in [2.05, 4.69) is 10.4 Å². The summed E-state index contributed by atoms with van der Waals surface area (Å²) in [7, 11) is 0. The molecule has 2 N–H and O–H groups in total. The molecule has 130 valence electrons. The Labute approximate surface area is 152 Å². The zero-order valence-corrected chi connectivity index (χ0v) is 14.5. The van der Waals surface area contributed by atoms with E-state index in [0.717, 1.165) is 5.56 Å². The molecule has 0 saturated carbocycles. The Balaban J connectivity index is 1.92. The number of fused-ring (bicyclic) bond motifs is 1. The zero-order valence-electron chi connectivity index (χ0n) is 12.9. The van der Waals surface area contributed by atoms with Crippen LogP contribution in [0.15, 0.2) is 41.3 Å². The van der Waals surface area contributed by atoms with E-state index >= 15 is 0 Å². The summed E-state index contributed by atoms with van der Waals surface area (Å²) in [5.74, 6) is -0.375. The van der Waals surface area contributed by atoms with Gasteiger partial charge in [-0.3, -0.25) is 4.79 Å². The summed E-state index contributed by atoms with van der Waals surface area (Å²) in [6, 6.07) is 8.24. The topological polar surface area (TPSA) is 88.6 Å². The van der Waals surface area contributed by atoms with Gasteiger partial charge in [0.1, 0.15) is 0 Å². The number of aromatic nitrogens is 3. The van der Waals surface area contributed by atoms with Gasteiger partial charge in [0.05, 0.1) is 28.8 Å². The lowest BCUT2D eigenvalue weighted by molar-refractivity contribution is 0.0944. The quantitative estimate of drug-likeness (QED) is 0.702. The van der Waals surface area contributed by atoms with Gasteiger partial charge in [0.25, 0.3) is 5.91 Å². The minimum Gasteiger partial charge on any atom is -0.395 e. The van der Waals surface area contributed by atoms with Crippen LogP contribution in [-0.2, 0) is 6.54 Å². The number of rotatable bonds is 5. The lowest BCUT2D eigenvalue weighted by Crippen LogP contribution is -2.27. The summed E-state index contributed by atoms with van der Waals surface area (Å²) >= 11 is 11.9. The molecule has 9 heteroatoms. The normalized spacial score (nSPS) is 11.0. The number of nitrogens with zero attached hydrogens (tertiary/aromatic N) is 3. The Kier molecular flexibility index (Phi) is 5.08. The van der Waals surface area contributed by atoms with Crippen molar-refractivity contribution in [1.82, 2.24) is 19.5 Å². The molecule has 3 rings (SSSR count). The molecule has 0 aliphatic heterocycles. The maximum atomic E-state index is 12.5. The van der Waals surface area contributed by atoms with Crippen LogP contribution in [0.4, 0.5) is 0 Å². The summed E-state index contributed by atoms with van der Waals surface area (Å²) in [5.41, 5.74) is 1.12. The number of nitrogens with one attached hydrogen (secondary N) is 1. The summed E-state index contributed by atoms with van der Waals surface area (Å²) in [6.45, 7) is 0.210. The molecule has 0 atom stereocenters. The van der Waals surface area contributed by atoms with Gasteiger partial charge in [-0.05, 0) is 29.8 Å². The van der Waals surface area contributed by atoms with Crippen LogP contribution >= 0.6 is 23.2 Å². The van der Waals surface area contributed by atoms with Crippen molar-refractivity contribution in [1.29, 1.82) is 0 Å². The van der Waals surface area contributed by atoms with Gasteiger partial charge < -0.3 is 10.4 Å². The number of halogens is 2. The van der Waals surface area contributed by atoms with Crippen LogP contribution in [-0.4, -0.2) is 38.3 Å². The van der Waals surface area contributed by atoms with E-state index in [-0.39, 0.29) is 31.3 Å². The molecule has 25 heavy (non-hydrogen) atoms. The minimum absolute atomic E-state index is 0.141. The highest BCUT2D eigenvalue weighted by Gasteiger charge is 2.12. The number of hydrogen-bond acceptors (Lipinski definition) is 4. The third-order valence-corrected chi connectivity index (χ3v) is 4.29. The van der Waals surface area contributed by atoms with E-state index < -0.39 is 0 Å². The molecule has 2 heterocycles. The van der Waals surface area contributed by atoms with Gasteiger partial charge >= 0.3 is 5.69 Å². The molecule has 0 unspecified atom stereocenters. The first kappa shape index (κ1) is 17.5. The maximum Gasteiger partial charge on any atom is 0.350 e. The van der Waals surface area contributed by atoms with Crippen molar-refractivity contribution in [2.45, 2.75) is 6.54 Å². The Hall–Kier alpha value is -2.35. The predicted octanol–water partition coefficient (Wildman–Crippen LogP) is 1.57. The van der Waals surface area contributed by atoms with Gasteiger partial charge in [0, 0.05) is 12.7 Å². The molecular weight excluding hydrogens is 367 g/mol. The third-order valence-electron chi connectivity index (χ3n) is 3.55. The number of carbonyl (C=O) groups is 1. The summed E-state index contributed by atoms with van der Waals surface area (Å²) < 4.78 is 2.58. The van der Waals surface area contributed by atoms with E-state index in [4.69, 9.17) is 28.3 Å². The fourth-order valence-corrected chi connectivity index (χ4v) is 2.66. The van der Waals surface area contributed by atoms with Crippen molar-refractivity contribution in [3.63, 3.8) is 0 Å². The second-order valence-electron chi connectivity index (χ2n) is 5.31. The predicted molar refractivity (Wildman–Crippen MR) is 94.4 cm³/mol. The van der Waals surface area contributed by atoms with E-state index in [1.54, 1.807) is 30.3 Å². The molecule has 0 saturated heterocycles. The summed E-state index contributed by atoms with van der Waals surface area (Å²) in [5, 5.41) is 16.4. The van der Waals surface area contributed by atoms with E-state index in [9.17, 15) is 9.59 Å². The van der Waals surface area contributed by atoms with Crippen molar-refractivity contribution in [3.05, 3.63) is 68.2 Å². The highest BCUT2D eigenvalue weighted by Crippen LogP contribution is 2.22. The fraction of sp³-hybridized carbons (Fsp3) is 0.188. The van der Waals surface area contributed by atoms with E-state index in [0.29, 0.717) is 21.3 Å². The molecule has 7 nitrogen and oxygen atoms in total. The standard InChI is InChI=1S/C16H14Cl2N4O3/c17-12-3-1-10(7-13(12)18)8-22-16(25)21-9-11(2-4-14(21)20-22)15(24)19-5-6-23/h1-4,7,9,23H,5-6,8H2,(H,19,24). The number of hydrogen-bond donors (Lipinski definition) is 2. The first-order chi connectivity index (χ1) is 12.0. The molecule has 0 radical (unpaired) electrons. The van der Waals surface area contributed by atoms with Crippen molar-refractivity contribution in [3.8, 4) is 0 Å². The fourth-order valence-electron chi connectivity index (χ4n) is 2.34. The van der Waals surface area contributed by atoms with Crippen molar-refractivity contribution >= 4 is 34.8 Å². The lowest BCUT2D eigenvalue weighted by atomic mass is 10.2. The summed E-state index contributed by atoms with van der Waals surface area (Å²) in [6.07, 6.45) is 1.42. The monoisotopic (exact) mass is 380 g/mol. The van der Waals surface area contributed by atoms with E-state index in [1.807, 2.05) is 0 Å². The third kappa shape index (κ3) is 3.68. The first-order valence-electron chi connectivity index (χ1n) is 7.42. The van der Waals surface area contributed by atoms with Crippen molar-refractivity contribution in [2.24, 2.45) is 0 Å². The number of aliphatic hydroxyl groups is 1. The van der Waals surface area contributed by atoms with Crippen LogP contribution < -0.4 is 11.0 Å².